The van der Waals surface area contributed by atoms with Crippen LogP contribution >= 0.6 is 20.3 Å². The van der Waals surface area contributed by atoms with Gasteiger partial charge in [0.15, 0.2) is 0 Å². The molecule has 0 spiro atoms. The second-order valence-corrected chi connectivity index (χ2v) is 6.55. The molecular weight excluding hydrogens is 387 g/mol. The molecule has 0 rings (SSSR count). The Kier molecular flexibility index (Phi) is 6.90. The Bertz CT molecular complexity index is 195. The van der Waals surface area contributed by atoms with Gasteiger partial charge in [0, 0.05) is 0 Å². The van der Waals surface area contributed by atoms with Crippen molar-refractivity contribution >= 4 is 40.1 Å². The van der Waals surface area contributed by atoms with Crippen LogP contribution in [0.15, 0.2) is 12.2 Å². The Balaban J connectivity index is 3.76. The summed E-state index contributed by atoms with van der Waals surface area (Å²) in [5.41, 5.74) is 0.483. The zero-order chi connectivity index (χ0) is 8.85. The zero-order valence-electron chi connectivity index (χ0n) is 5.86. The number of halogens is 2. The van der Waals surface area contributed by atoms with Gasteiger partial charge in [-0.3, -0.25) is 0 Å². The Morgan fingerprint density at radius 3 is 2.55 bits per heavy atom. The number of hydrogen-bond donors (Lipinski definition) is 1. The van der Waals surface area contributed by atoms with Gasteiger partial charge in [-0.1, -0.05) is 0 Å². The summed E-state index contributed by atoms with van der Waals surface area (Å²) in [7, 11) is 0. The average Bonchev–Trinajstić information content (AvgIpc) is 1.87. The number of allylic oxidation sites excluding steroid dienone is 1. The monoisotopic (exact) mass is 393 g/mol. The zero-order valence-corrected chi connectivity index (χ0v) is 11.3. The SMILES string of the molecule is C=C(C)C(=O)[I-]C(=O)[NH][Al][I]. The van der Waals surface area contributed by atoms with Gasteiger partial charge in [-0.2, -0.15) is 0 Å². The molecule has 0 aliphatic carbocycles. The third kappa shape index (κ3) is 6.07. The standard InChI is InChI=1S/C5H7INO2.Al.HI/c1-3(2)4(8)6-5(7)9;;/h1H2,2H3,(H2,7,9);;1H/q-1;+2;/p-2. The molecule has 0 saturated heterocycles. The summed E-state index contributed by atoms with van der Waals surface area (Å²) < 4.78 is 2.48. The molecule has 0 aliphatic heterocycles. The van der Waals surface area contributed by atoms with Crippen molar-refractivity contribution in [2.24, 2.45) is 0 Å². The third-order valence-corrected chi connectivity index (χ3v) is 4.78. The molecule has 0 aromatic carbocycles. The van der Waals surface area contributed by atoms with Crippen molar-refractivity contribution in [3.8, 4) is 0 Å². The van der Waals surface area contributed by atoms with Crippen LogP contribution in [0.3, 0.4) is 0 Å². The van der Waals surface area contributed by atoms with E-state index in [2.05, 4.69) is 31.2 Å². The summed E-state index contributed by atoms with van der Waals surface area (Å²) in [6.45, 7) is 5.10. The maximum absolute atomic E-state index is 10.9. The second kappa shape index (κ2) is 6.40. The molecule has 6 heteroatoms. The van der Waals surface area contributed by atoms with Crippen LogP contribution in [0.1, 0.15) is 6.92 Å². The van der Waals surface area contributed by atoms with Gasteiger partial charge >= 0.3 is 94.3 Å². The van der Waals surface area contributed by atoms with Crippen LogP contribution in [0.25, 0.3) is 0 Å². The number of nitrogens with one attached hydrogen (secondary N) is 1. The van der Waals surface area contributed by atoms with Gasteiger partial charge in [0.25, 0.3) is 0 Å². The van der Waals surface area contributed by atoms with Crippen LogP contribution in [0.5, 0.6) is 0 Å². The molecular formula is C5H6AlI2NO2-. The molecule has 0 aromatic rings. The number of rotatable bonds is 4. The summed E-state index contributed by atoms with van der Waals surface area (Å²) in [5, 5.41) is 0. The van der Waals surface area contributed by atoms with Crippen molar-refractivity contribution in [2.45, 2.75) is 6.92 Å². The molecule has 0 atom stereocenters. The van der Waals surface area contributed by atoms with Crippen LogP contribution in [0, 0.1) is 0 Å². The first kappa shape index (κ1) is 11.9. The van der Waals surface area contributed by atoms with Gasteiger partial charge in [0.1, 0.15) is 0 Å². The summed E-state index contributed by atoms with van der Waals surface area (Å²) in [4.78, 5) is 21.8. The molecule has 11 heavy (non-hydrogen) atoms. The number of carbonyl (C=O) groups is 2. The minimum absolute atomic E-state index is 0.0688. The molecule has 1 N–H and O–H groups in total. The predicted molar refractivity (Wildman–Crippen MR) is 48.1 cm³/mol. The second-order valence-electron chi connectivity index (χ2n) is 1.68. The molecule has 0 heterocycles. The molecule has 3 nitrogen and oxygen atoms in total. The molecule has 0 unspecified atom stereocenters. The number of hydrogen-bond acceptors (Lipinski definition) is 2. The van der Waals surface area contributed by atoms with E-state index < -0.39 is 21.2 Å². The topological polar surface area (TPSA) is 46.2 Å². The number of carbonyl (C=O) groups excluding carboxylic acids is 2. The predicted octanol–water partition coefficient (Wildman–Crippen LogP) is -2.14. The van der Waals surface area contributed by atoms with Crippen molar-refractivity contribution in [2.75, 3.05) is 0 Å². The Labute approximate surface area is 93.2 Å². The molecule has 1 amide bonds. The maximum atomic E-state index is 10.9. The van der Waals surface area contributed by atoms with Crippen LogP contribution in [-0.2, 0) is 4.79 Å². The van der Waals surface area contributed by atoms with Crippen LogP contribution in [0.2, 0.25) is 0 Å². The van der Waals surface area contributed by atoms with E-state index in [1.807, 2.05) is 0 Å². The van der Waals surface area contributed by atoms with Gasteiger partial charge in [0.05, 0.1) is 0 Å². The molecule has 1 radical (unpaired) electrons. The van der Waals surface area contributed by atoms with Crippen molar-refractivity contribution in [1.29, 1.82) is 0 Å². The fraction of sp³-hybridized carbons (Fsp3) is 0.200. The third-order valence-electron chi connectivity index (χ3n) is 0.675. The van der Waals surface area contributed by atoms with E-state index in [9.17, 15) is 9.59 Å². The van der Waals surface area contributed by atoms with Crippen LogP contribution < -0.4 is 25.5 Å². The van der Waals surface area contributed by atoms with E-state index in [1.54, 1.807) is 6.92 Å². The first-order chi connectivity index (χ1) is 5.07. The molecule has 61 valence electrons. The van der Waals surface area contributed by atoms with E-state index in [4.69, 9.17) is 0 Å². The van der Waals surface area contributed by atoms with E-state index in [-0.39, 0.29) is 19.9 Å². The summed E-state index contributed by atoms with van der Waals surface area (Å²) in [5.74, 6) is 0. The van der Waals surface area contributed by atoms with Crippen LogP contribution in [-0.4, -0.2) is 19.9 Å². The Hall–Kier alpha value is 0.872. The Morgan fingerprint density at radius 2 is 2.18 bits per heavy atom. The quantitative estimate of drug-likeness (QED) is 0.195. The molecule has 0 aliphatic rings. The normalized spacial score (nSPS) is 8.91. The molecule has 0 aromatic heterocycles. The Morgan fingerprint density at radius 1 is 1.64 bits per heavy atom. The van der Waals surface area contributed by atoms with E-state index in [0.29, 0.717) is 5.57 Å². The van der Waals surface area contributed by atoms with E-state index in [1.165, 1.54) is 0 Å². The van der Waals surface area contributed by atoms with Gasteiger partial charge in [0.2, 0.25) is 0 Å². The van der Waals surface area contributed by atoms with Crippen molar-refractivity contribution in [1.82, 2.24) is 4.30 Å². The minimum atomic E-state index is -1.02. The summed E-state index contributed by atoms with van der Waals surface area (Å²) in [6, 6.07) is 0. The van der Waals surface area contributed by atoms with Crippen molar-refractivity contribution in [3.05, 3.63) is 12.2 Å². The fourth-order valence-electron chi connectivity index (χ4n) is 0.229. The molecule has 0 bridgehead atoms. The fourth-order valence-corrected chi connectivity index (χ4v) is 4.84. The first-order valence-electron chi connectivity index (χ1n) is 2.65. The van der Waals surface area contributed by atoms with E-state index >= 15 is 0 Å². The molecule has 0 saturated carbocycles. The summed E-state index contributed by atoms with van der Waals surface area (Å²) >= 11 is 1.01. The molecule has 0 fully saturated rings. The summed E-state index contributed by atoms with van der Waals surface area (Å²) in [6.07, 6.45) is 0. The first-order valence-corrected chi connectivity index (χ1v) is 9.55. The average molecular weight is 393 g/mol. The van der Waals surface area contributed by atoms with Crippen LogP contribution in [0.4, 0.5) is 4.79 Å². The van der Waals surface area contributed by atoms with Crippen molar-refractivity contribution < 1.29 is 30.8 Å². The van der Waals surface area contributed by atoms with Crippen molar-refractivity contribution in [3.63, 3.8) is 0 Å². The van der Waals surface area contributed by atoms with E-state index in [0.717, 1.165) is 0 Å². The van der Waals surface area contributed by atoms with Gasteiger partial charge < -0.3 is 0 Å². The van der Waals surface area contributed by atoms with Gasteiger partial charge in [-0.05, 0) is 0 Å². The number of amides is 1. The van der Waals surface area contributed by atoms with Gasteiger partial charge in [-0.25, -0.2) is 0 Å². The van der Waals surface area contributed by atoms with Gasteiger partial charge in [-0.15, -0.1) is 0 Å².